The molecule has 2 rings (SSSR count). The largest absolute Gasteiger partial charge is 0.541 e. The zero-order valence-electron chi connectivity index (χ0n) is 16.3. The maximum atomic E-state index is 12.7. The van der Waals surface area contributed by atoms with Crippen molar-refractivity contribution < 1.29 is 14.0 Å². The van der Waals surface area contributed by atoms with E-state index in [4.69, 9.17) is 32.4 Å². The molecule has 0 spiro atoms. The molecule has 1 amide bonds. The molecule has 0 atom stereocenters. The molecule has 0 bridgehead atoms. The molecule has 1 aromatic heterocycles. The van der Waals surface area contributed by atoms with Crippen LogP contribution in [0.5, 0.6) is 11.5 Å². The average molecular weight is 427 g/mol. The molecule has 0 fully saturated rings. The lowest BCUT2D eigenvalue weighted by Crippen LogP contribution is -2.44. The number of amides is 1. The Morgan fingerprint density at radius 2 is 1.70 bits per heavy atom. The second-order valence-electron chi connectivity index (χ2n) is 7.66. The van der Waals surface area contributed by atoms with Crippen molar-refractivity contribution >= 4 is 43.1 Å². The van der Waals surface area contributed by atoms with Crippen molar-refractivity contribution in [3.8, 4) is 11.5 Å². The third kappa shape index (κ3) is 4.94. The summed E-state index contributed by atoms with van der Waals surface area (Å²) in [7, 11) is -0.532. The highest BCUT2D eigenvalue weighted by molar-refractivity contribution is 6.74. The summed E-state index contributed by atoms with van der Waals surface area (Å²) in [5.74, 6) is 0.771. The van der Waals surface area contributed by atoms with Crippen LogP contribution in [-0.2, 0) is 0 Å². The molecule has 27 heavy (non-hydrogen) atoms. The van der Waals surface area contributed by atoms with Crippen LogP contribution in [0.4, 0.5) is 5.69 Å². The highest BCUT2D eigenvalue weighted by atomic mass is 35.5. The average Bonchev–Trinajstić information content (AvgIpc) is 2.56. The van der Waals surface area contributed by atoms with Crippen LogP contribution in [0, 0.1) is 0 Å². The van der Waals surface area contributed by atoms with Gasteiger partial charge in [0.1, 0.15) is 5.75 Å². The molecule has 5 nitrogen and oxygen atoms in total. The molecular formula is C19H24Cl2N2O3Si. The summed E-state index contributed by atoms with van der Waals surface area (Å²) in [5, 5.41) is 3.26. The number of hydrogen-bond donors (Lipinski definition) is 1. The third-order valence-corrected chi connectivity index (χ3v) is 9.60. The molecule has 0 aliphatic carbocycles. The second-order valence-corrected chi connectivity index (χ2v) is 13.2. The Kier molecular flexibility index (Phi) is 6.45. The molecule has 1 N–H and O–H groups in total. The molecule has 0 aliphatic rings. The number of carbonyl (C=O) groups is 1. The quantitative estimate of drug-likeness (QED) is 0.592. The van der Waals surface area contributed by atoms with Crippen LogP contribution in [0.2, 0.25) is 28.2 Å². The maximum absolute atomic E-state index is 12.7. The van der Waals surface area contributed by atoms with Gasteiger partial charge in [-0.05, 0) is 36.3 Å². The van der Waals surface area contributed by atoms with E-state index >= 15 is 0 Å². The van der Waals surface area contributed by atoms with E-state index in [1.165, 1.54) is 12.4 Å². The first-order valence-electron chi connectivity index (χ1n) is 8.43. The monoisotopic (exact) mass is 426 g/mol. The van der Waals surface area contributed by atoms with Crippen LogP contribution < -0.4 is 14.5 Å². The lowest BCUT2D eigenvalue weighted by Gasteiger charge is -2.36. The third-order valence-electron chi connectivity index (χ3n) is 4.69. The van der Waals surface area contributed by atoms with E-state index in [1.807, 2.05) is 0 Å². The van der Waals surface area contributed by atoms with Crippen molar-refractivity contribution in [3.05, 3.63) is 46.2 Å². The van der Waals surface area contributed by atoms with Gasteiger partial charge in [0, 0.05) is 18.0 Å². The number of nitrogens with one attached hydrogen (secondary N) is 1. The van der Waals surface area contributed by atoms with E-state index in [1.54, 1.807) is 25.3 Å². The van der Waals surface area contributed by atoms with Crippen molar-refractivity contribution in [2.45, 2.75) is 38.9 Å². The van der Waals surface area contributed by atoms with Gasteiger partial charge in [-0.25, -0.2) is 0 Å². The molecule has 2 aromatic rings. The summed E-state index contributed by atoms with van der Waals surface area (Å²) in [6.45, 7) is 10.7. The standard InChI is InChI=1S/C19H24Cl2N2O3Si/c1-19(2,3)27(5,6)26-16-9-12(7-8-15(16)25-4)18(24)23-17-13(20)10-22-11-14(17)21/h7-11H,1-6H3,(H,22,23,24). The van der Waals surface area contributed by atoms with Crippen LogP contribution >= 0.6 is 23.2 Å². The lowest BCUT2D eigenvalue weighted by molar-refractivity contribution is 0.102. The molecule has 1 heterocycles. The Bertz CT molecular complexity index is 831. The summed E-state index contributed by atoms with van der Waals surface area (Å²) in [5.41, 5.74) is 0.731. The van der Waals surface area contributed by atoms with E-state index in [2.05, 4.69) is 44.2 Å². The number of aromatic nitrogens is 1. The molecule has 0 unspecified atom stereocenters. The van der Waals surface area contributed by atoms with E-state index in [0.717, 1.165) is 0 Å². The Morgan fingerprint density at radius 1 is 1.11 bits per heavy atom. The van der Waals surface area contributed by atoms with E-state index in [0.29, 0.717) is 22.7 Å². The van der Waals surface area contributed by atoms with Gasteiger partial charge in [-0.3, -0.25) is 9.78 Å². The summed E-state index contributed by atoms with van der Waals surface area (Å²) in [4.78, 5) is 16.6. The van der Waals surface area contributed by atoms with Gasteiger partial charge in [0.15, 0.2) is 5.75 Å². The first kappa shape index (κ1) is 21.5. The number of pyridine rings is 1. The minimum atomic E-state index is -2.11. The van der Waals surface area contributed by atoms with Gasteiger partial charge in [-0.15, -0.1) is 0 Å². The van der Waals surface area contributed by atoms with E-state index in [9.17, 15) is 4.79 Å². The zero-order chi connectivity index (χ0) is 20.4. The summed E-state index contributed by atoms with van der Waals surface area (Å²) >= 11 is 12.2. The summed E-state index contributed by atoms with van der Waals surface area (Å²) in [6, 6.07) is 5.06. The number of halogens is 2. The van der Waals surface area contributed by atoms with Gasteiger partial charge in [0.25, 0.3) is 14.2 Å². The highest BCUT2D eigenvalue weighted by Crippen LogP contribution is 2.40. The summed E-state index contributed by atoms with van der Waals surface area (Å²) < 4.78 is 11.8. The van der Waals surface area contributed by atoms with Gasteiger partial charge < -0.3 is 14.5 Å². The number of anilines is 1. The van der Waals surface area contributed by atoms with Crippen molar-refractivity contribution in [2.75, 3.05) is 12.4 Å². The Balaban J connectivity index is 2.35. The number of hydrogen-bond acceptors (Lipinski definition) is 4. The SMILES string of the molecule is COc1ccc(C(=O)Nc2c(Cl)cncc2Cl)cc1O[Si](C)(C)C(C)(C)C. The zero-order valence-corrected chi connectivity index (χ0v) is 18.8. The molecule has 146 valence electrons. The molecule has 1 aromatic carbocycles. The van der Waals surface area contributed by atoms with Gasteiger partial charge in [0.05, 0.1) is 22.8 Å². The first-order valence-corrected chi connectivity index (χ1v) is 12.1. The number of rotatable bonds is 5. The Morgan fingerprint density at radius 3 is 2.22 bits per heavy atom. The molecule has 0 saturated carbocycles. The molecule has 0 aliphatic heterocycles. The number of ether oxygens (including phenoxy) is 1. The molecular weight excluding hydrogens is 403 g/mol. The normalized spacial score (nSPS) is 11.9. The van der Waals surface area contributed by atoms with Crippen molar-refractivity contribution in [3.63, 3.8) is 0 Å². The maximum Gasteiger partial charge on any atom is 0.255 e. The Hall–Kier alpha value is -1.76. The minimum absolute atomic E-state index is 0.00830. The van der Waals surface area contributed by atoms with Crippen LogP contribution in [0.1, 0.15) is 31.1 Å². The van der Waals surface area contributed by atoms with Gasteiger partial charge >= 0.3 is 0 Å². The number of nitrogens with zero attached hydrogens (tertiary/aromatic N) is 1. The van der Waals surface area contributed by atoms with Crippen LogP contribution in [0.15, 0.2) is 30.6 Å². The first-order chi connectivity index (χ1) is 12.5. The summed E-state index contributed by atoms with van der Waals surface area (Å²) in [6.07, 6.45) is 2.84. The topological polar surface area (TPSA) is 60.5 Å². The number of methoxy groups -OCH3 is 1. The van der Waals surface area contributed by atoms with E-state index in [-0.39, 0.29) is 21.0 Å². The van der Waals surface area contributed by atoms with E-state index < -0.39 is 8.32 Å². The molecule has 0 radical (unpaired) electrons. The van der Waals surface area contributed by atoms with Crippen molar-refractivity contribution in [1.29, 1.82) is 0 Å². The number of carbonyl (C=O) groups excluding carboxylic acids is 1. The fourth-order valence-corrected chi connectivity index (χ4v) is 3.52. The van der Waals surface area contributed by atoms with Gasteiger partial charge in [-0.1, -0.05) is 44.0 Å². The van der Waals surface area contributed by atoms with Gasteiger partial charge in [-0.2, -0.15) is 0 Å². The predicted molar refractivity (Wildman–Crippen MR) is 113 cm³/mol. The van der Waals surface area contributed by atoms with Crippen molar-refractivity contribution in [2.24, 2.45) is 0 Å². The smallest absolute Gasteiger partial charge is 0.255 e. The highest BCUT2D eigenvalue weighted by Gasteiger charge is 2.39. The second kappa shape index (κ2) is 8.08. The Labute approximate surface area is 171 Å². The van der Waals surface area contributed by atoms with Crippen molar-refractivity contribution in [1.82, 2.24) is 4.98 Å². The molecule has 8 heteroatoms. The molecule has 0 saturated heterocycles. The predicted octanol–water partition coefficient (Wildman–Crippen LogP) is 6.03. The fourth-order valence-electron chi connectivity index (χ4n) is 2.04. The lowest BCUT2D eigenvalue weighted by atomic mass is 10.2. The van der Waals surface area contributed by atoms with Crippen LogP contribution in [0.3, 0.4) is 0 Å². The van der Waals surface area contributed by atoms with Crippen LogP contribution in [0.25, 0.3) is 0 Å². The minimum Gasteiger partial charge on any atom is -0.541 e. The van der Waals surface area contributed by atoms with Crippen LogP contribution in [-0.4, -0.2) is 26.3 Å². The van der Waals surface area contributed by atoms with Gasteiger partial charge in [0.2, 0.25) is 0 Å². The number of benzene rings is 1. The fraction of sp³-hybridized carbons (Fsp3) is 0.368.